The van der Waals surface area contributed by atoms with Crippen molar-refractivity contribution in [2.24, 2.45) is 11.7 Å². The molecular weight excluding hydrogens is 238 g/mol. The highest BCUT2D eigenvalue weighted by Crippen LogP contribution is 2.16. The Morgan fingerprint density at radius 2 is 2.00 bits per heavy atom. The first-order valence-corrected chi connectivity index (χ1v) is 6.32. The molecule has 0 spiro atoms. The molecule has 0 radical (unpaired) electrons. The molecule has 1 heterocycles. The maximum Gasteiger partial charge on any atom is 0.231 e. The zero-order valence-corrected chi connectivity index (χ0v) is 11.8. The van der Waals surface area contributed by atoms with Gasteiger partial charge in [-0.25, -0.2) is 0 Å². The van der Waals surface area contributed by atoms with E-state index in [-0.39, 0.29) is 18.3 Å². The van der Waals surface area contributed by atoms with Gasteiger partial charge >= 0.3 is 0 Å². The van der Waals surface area contributed by atoms with E-state index in [1.807, 2.05) is 0 Å². The molecule has 3 N–H and O–H groups in total. The van der Waals surface area contributed by atoms with E-state index >= 15 is 0 Å². The van der Waals surface area contributed by atoms with E-state index in [2.05, 4.69) is 24.1 Å². The quantitative estimate of drug-likeness (QED) is 0.752. The van der Waals surface area contributed by atoms with Crippen molar-refractivity contribution < 1.29 is 4.79 Å². The van der Waals surface area contributed by atoms with E-state index in [9.17, 15) is 4.79 Å². The fourth-order valence-corrected chi connectivity index (χ4v) is 2.24. The summed E-state index contributed by atoms with van der Waals surface area (Å²) in [5.74, 6) is 0.592. The number of nitrogens with one attached hydrogen (secondary N) is 1. The molecular formula is C12H26ClN3O. The van der Waals surface area contributed by atoms with Gasteiger partial charge < -0.3 is 11.1 Å². The number of hydrogen-bond acceptors (Lipinski definition) is 3. The summed E-state index contributed by atoms with van der Waals surface area (Å²) in [5, 5.41) is 3.37. The topological polar surface area (TPSA) is 58.4 Å². The number of nitrogens with zero attached hydrogens (tertiary/aromatic N) is 1. The lowest BCUT2D eigenvalue weighted by Crippen LogP contribution is -2.40. The number of carbonyl (C=O) groups is 1. The molecule has 1 rings (SSSR count). The first-order valence-electron chi connectivity index (χ1n) is 6.32. The fourth-order valence-electron chi connectivity index (χ4n) is 2.24. The highest BCUT2D eigenvalue weighted by atomic mass is 35.5. The summed E-state index contributed by atoms with van der Waals surface area (Å²) in [4.78, 5) is 13.1. The Labute approximate surface area is 111 Å². The minimum Gasteiger partial charge on any atom is -0.369 e. The summed E-state index contributed by atoms with van der Waals surface area (Å²) in [6.07, 6.45) is 3.72. The SMILES string of the molecule is CC(C)N(CCC1CCNCC1)CC(N)=O.Cl. The molecule has 0 bridgehead atoms. The number of hydrogen-bond donors (Lipinski definition) is 2. The Kier molecular flexibility index (Phi) is 8.56. The molecule has 0 aromatic carbocycles. The van der Waals surface area contributed by atoms with Gasteiger partial charge in [-0.3, -0.25) is 9.69 Å². The summed E-state index contributed by atoms with van der Waals surface area (Å²) in [7, 11) is 0. The molecule has 17 heavy (non-hydrogen) atoms. The first-order chi connectivity index (χ1) is 7.59. The maximum atomic E-state index is 10.9. The molecule has 0 aromatic heterocycles. The van der Waals surface area contributed by atoms with Gasteiger partial charge in [0.2, 0.25) is 5.91 Å². The Hall–Kier alpha value is -0.320. The second kappa shape index (κ2) is 8.72. The van der Waals surface area contributed by atoms with Gasteiger partial charge in [0.15, 0.2) is 0 Å². The summed E-state index contributed by atoms with van der Waals surface area (Å²) in [6.45, 7) is 7.90. The molecule has 1 aliphatic rings. The van der Waals surface area contributed by atoms with Crippen LogP contribution in [0.1, 0.15) is 33.1 Å². The Bertz CT molecular complexity index is 218. The van der Waals surface area contributed by atoms with Crippen LogP contribution >= 0.6 is 12.4 Å². The predicted molar refractivity (Wildman–Crippen MR) is 73.4 cm³/mol. The van der Waals surface area contributed by atoms with Crippen molar-refractivity contribution in [1.82, 2.24) is 10.2 Å². The molecule has 1 aliphatic heterocycles. The molecule has 1 saturated heterocycles. The molecule has 1 fully saturated rings. The number of piperidine rings is 1. The first kappa shape index (κ1) is 16.7. The van der Waals surface area contributed by atoms with Crippen LogP contribution in [0.15, 0.2) is 0 Å². The summed E-state index contributed by atoms with van der Waals surface area (Å²) in [5.41, 5.74) is 5.25. The van der Waals surface area contributed by atoms with Crippen molar-refractivity contribution in [3.63, 3.8) is 0 Å². The predicted octanol–water partition coefficient (Wildman–Crippen LogP) is 0.994. The van der Waals surface area contributed by atoms with Gasteiger partial charge in [-0.2, -0.15) is 0 Å². The van der Waals surface area contributed by atoms with Crippen molar-refractivity contribution in [2.75, 3.05) is 26.2 Å². The van der Waals surface area contributed by atoms with Crippen LogP contribution < -0.4 is 11.1 Å². The van der Waals surface area contributed by atoms with Crippen molar-refractivity contribution in [1.29, 1.82) is 0 Å². The van der Waals surface area contributed by atoms with Gasteiger partial charge in [0.1, 0.15) is 0 Å². The Morgan fingerprint density at radius 1 is 1.41 bits per heavy atom. The standard InChI is InChI=1S/C12H25N3O.ClH/c1-10(2)15(9-12(13)16)8-5-11-3-6-14-7-4-11;/h10-11,14H,3-9H2,1-2H3,(H2,13,16);1H. The summed E-state index contributed by atoms with van der Waals surface area (Å²) >= 11 is 0. The molecule has 1 amide bonds. The van der Waals surface area contributed by atoms with E-state index in [1.54, 1.807) is 0 Å². The third kappa shape index (κ3) is 6.86. The average Bonchev–Trinajstić information content (AvgIpc) is 2.25. The van der Waals surface area contributed by atoms with Crippen LogP contribution in [0.2, 0.25) is 0 Å². The number of halogens is 1. The minimum atomic E-state index is -0.223. The number of nitrogens with two attached hydrogens (primary N) is 1. The van der Waals surface area contributed by atoms with Crippen LogP contribution in [-0.2, 0) is 4.79 Å². The molecule has 0 unspecified atom stereocenters. The second-order valence-corrected chi connectivity index (χ2v) is 5.01. The largest absolute Gasteiger partial charge is 0.369 e. The Morgan fingerprint density at radius 3 is 2.47 bits per heavy atom. The van der Waals surface area contributed by atoms with Crippen LogP contribution in [0, 0.1) is 5.92 Å². The third-order valence-electron chi connectivity index (χ3n) is 3.37. The van der Waals surface area contributed by atoms with Crippen LogP contribution in [0.25, 0.3) is 0 Å². The lowest BCUT2D eigenvalue weighted by Gasteiger charge is -2.29. The van der Waals surface area contributed by atoms with E-state index in [0.717, 1.165) is 25.6 Å². The van der Waals surface area contributed by atoms with E-state index < -0.39 is 0 Å². The highest BCUT2D eigenvalue weighted by Gasteiger charge is 2.17. The maximum absolute atomic E-state index is 10.9. The van der Waals surface area contributed by atoms with Gasteiger partial charge in [0.25, 0.3) is 0 Å². The fraction of sp³-hybridized carbons (Fsp3) is 0.917. The van der Waals surface area contributed by atoms with Crippen LogP contribution in [0.5, 0.6) is 0 Å². The third-order valence-corrected chi connectivity index (χ3v) is 3.37. The molecule has 0 aromatic rings. The zero-order valence-electron chi connectivity index (χ0n) is 10.9. The molecule has 0 saturated carbocycles. The molecule has 102 valence electrons. The van der Waals surface area contributed by atoms with Crippen LogP contribution in [0.4, 0.5) is 0 Å². The smallest absolute Gasteiger partial charge is 0.231 e. The minimum absolute atomic E-state index is 0. The van der Waals surface area contributed by atoms with E-state index in [4.69, 9.17) is 5.73 Å². The van der Waals surface area contributed by atoms with Gasteiger partial charge in [0, 0.05) is 6.04 Å². The lowest BCUT2D eigenvalue weighted by molar-refractivity contribution is -0.119. The number of rotatable bonds is 6. The highest BCUT2D eigenvalue weighted by molar-refractivity contribution is 5.85. The van der Waals surface area contributed by atoms with E-state index in [0.29, 0.717) is 12.6 Å². The summed E-state index contributed by atoms with van der Waals surface area (Å²) in [6, 6.07) is 0.397. The monoisotopic (exact) mass is 263 g/mol. The van der Waals surface area contributed by atoms with Gasteiger partial charge in [-0.1, -0.05) is 0 Å². The number of carbonyl (C=O) groups excluding carboxylic acids is 1. The van der Waals surface area contributed by atoms with Gasteiger partial charge in [-0.15, -0.1) is 12.4 Å². The van der Waals surface area contributed by atoms with Crippen molar-refractivity contribution in [3.05, 3.63) is 0 Å². The molecule has 0 atom stereocenters. The van der Waals surface area contributed by atoms with E-state index in [1.165, 1.54) is 19.3 Å². The summed E-state index contributed by atoms with van der Waals surface area (Å²) < 4.78 is 0. The lowest BCUT2D eigenvalue weighted by atomic mass is 9.94. The molecule has 5 heteroatoms. The Balaban J connectivity index is 0.00000256. The van der Waals surface area contributed by atoms with Gasteiger partial charge in [-0.05, 0) is 58.7 Å². The second-order valence-electron chi connectivity index (χ2n) is 5.01. The normalized spacial score (nSPS) is 17.2. The van der Waals surface area contributed by atoms with Gasteiger partial charge in [0.05, 0.1) is 6.54 Å². The van der Waals surface area contributed by atoms with Crippen LogP contribution in [0.3, 0.4) is 0 Å². The number of amides is 1. The van der Waals surface area contributed by atoms with Crippen LogP contribution in [-0.4, -0.2) is 43.0 Å². The average molecular weight is 264 g/mol. The zero-order chi connectivity index (χ0) is 12.0. The van der Waals surface area contributed by atoms with Crippen molar-refractivity contribution >= 4 is 18.3 Å². The van der Waals surface area contributed by atoms with Crippen molar-refractivity contribution in [2.45, 2.75) is 39.2 Å². The molecule has 0 aliphatic carbocycles. The molecule has 4 nitrogen and oxygen atoms in total. The van der Waals surface area contributed by atoms with Crippen molar-refractivity contribution in [3.8, 4) is 0 Å². The number of primary amides is 1.